The Labute approximate surface area is 129 Å². The van der Waals surface area contributed by atoms with Crippen molar-refractivity contribution in [2.45, 2.75) is 64.9 Å². The van der Waals surface area contributed by atoms with Crippen LogP contribution >= 0.6 is 0 Å². The maximum Gasteiger partial charge on any atom is 0.0725 e. The number of methoxy groups -OCH3 is 1. The Balaban J connectivity index is 2.08. The maximum atomic E-state index is 5.55. The summed E-state index contributed by atoms with van der Waals surface area (Å²) in [6, 6.07) is 7.18. The summed E-state index contributed by atoms with van der Waals surface area (Å²) in [7, 11) is 1.79. The molecule has 0 aliphatic carbocycles. The minimum absolute atomic E-state index is 0.0635. The fourth-order valence-corrected chi connectivity index (χ4v) is 2.71. The summed E-state index contributed by atoms with van der Waals surface area (Å²) in [5.41, 5.74) is 4.00. The molecule has 0 radical (unpaired) electrons. The summed E-state index contributed by atoms with van der Waals surface area (Å²) < 4.78 is 11.1. The zero-order valence-electron chi connectivity index (χ0n) is 13.9. The van der Waals surface area contributed by atoms with Gasteiger partial charge in [0.25, 0.3) is 0 Å². The monoisotopic (exact) mass is 291 g/mol. The number of hydrogen-bond acceptors (Lipinski definition) is 3. The highest BCUT2D eigenvalue weighted by atomic mass is 16.5. The third kappa shape index (κ3) is 4.53. The van der Waals surface area contributed by atoms with Gasteiger partial charge in [-0.3, -0.25) is 0 Å². The van der Waals surface area contributed by atoms with E-state index in [1.54, 1.807) is 7.11 Å². The SMILES string of the molecule is CCCNC(CCC(C)(C)OC)c1ccc2c(c1)COC2. The largest absolute Gasteiger partial charge is 0.379 e. The van der Waals surface area contributed by atoms with Crippen molar-refractivity contribution < 1.29 is 9.47 Å². The van der Waals surface area contributed by atoms with Gasteiger partial charge >= 0.3 is 0 Å². The molecule has 1 aromatic rings. The molecule has 0 bridgehead atoms. The molecule has 1 aliphatic heterocycles. The van der Waals surface area contributed by atoms with E-state index in [0.717, 1.165) is 39.0 Å². The molecule has 21 heavy (non-hydrogen) atoms. The summed E-state index contributed by atoms with van der Waals surface area (Å²) in [5, 5.41) is 3.68. The third-order valence-corrected chi connectivity index (χ3v) is 4.38. The van der Waals surface area contributed by atoms with E-state index in [1.807, 2.05) is 0 Å². The second-order valence-corrected chi connectivity index (χ2v) is 6.53. The molecule has 0 spiro atoms. The van der Waals surface area contributed by atoms with Crippen molar-refractivity contribution >= 4 is 0 Å². The second-order valence-electron chi connectivity index (χ2n) is 6.53. The molecule has 1 aromatic carbocycles. The van der Waals surface area contributed by atoms with E-state index in [4.69, 9.17) is 9.47 Å². The molecule has 0 amide bonds. The van der Waals surface area contributed by atoms with Crippen LogP contribution in [0.15, 0.2) is 18.2 Å². The fraction of sp³-hybridized carbons (Fsp3) is 0.667. The van der Waals surface area contributed by atoms with Crippen molar-refractivity contribution in [2.24, 2.45) is 0 Å². The first kappa shape index (κ1) is 16.5. The standard InChI is InChI=1S/C18H29NO2/c1-5-10-19-17(8-9-18(2,3)20-4)14-6-7-15-12-21-13-16(15)11-14/h6-7,11,17,19H,5,8-10,12-13H2,1-4H3. The van der Waals surface area contributed by atoms with Gasteiger partial charge in [0.2, 0.25) is 0 Å². The molecule has 1 aliphatic rings. The van der Waals surface area contributed by atoms with E-state index in [0.29, 0.717) is 6.04 Å². The Bertz CT molecular complexity index is 457. The van der Waals surface area contributed by atoms with Crippen LogP contribution in [-0.2, 0) is 22.7 Å². The summed E-state index contributed by atoms with van der Waals surface area (Å²) in [4.78, 5) is 0. The number of fused-ring (bicyclic) bond motifs is 1. The van der Waals surface area contributed by atoms with Gasteiger partial charge in [-0.25, -0.2) is 0 Å². The smallest absolute Gasteiger partial charge is 0.0725 e. The maximum absolute atomic E-state index is 5.55. The van der Waals surface area contributed by atoms with Crippen molar-refractivity contribution in [3.63, 3.8) is 0 Å². The van der Waals surface area contributed by atoms with Crippen LogP contribution in [0.5, 0.6) is 0 Å². The highest BCUT2D eigenvalue weighted by Crippen LogP contribution is 2.28. The Hall–Kier alpha value is -0.900. The van der Waals surface area contributed by atoms with Crippen molar-refractivity contribution in [2.75, 3.05) is 13.7 Å². The lowest BCUT2D eigenvalue weighted by molar-refractivity contribution is 0.0117. The number of rotatable bonds is 8. The van der Waals surface area contributed by atoms with Gasteiger partial charge in [-0.05, 0) is 56.3 Å². The highest BCUT2D eigenvalue weighted by molar-refractivity contribution is 5.34. The molecule has 0 saturated heterocycles. The zero-order chi connectivity index (χ0) is 15.3. The van der Waals surface area contributed by atoms with Crippen LogP contribution in [0.3, 0.4) is 0 Å². The minimum atomic E-state index is -0.0635. The van der Waals surface area contributed by atoms with Crippen LogP contribution in [-0.4, -0.2) is 19.3 Å². The predicted molar refractivity (Wildman–Crippen MR) is 86.3 cm³/mol. The molecule has 3 nitrogen and oxygen atoms in total. The van der Waals surface area contributed by atoms with E-state index in [2.05, 4.69) is 44.3 Å². The first-order valence-electron chi connectivity index (χ1n) is 8.03. The third-order valence-electron chi connectivity index (χ3n) is 4.38. The number of nitrogens with one attached hydrogen (secondary N) is 1. The summed E-state index contributed by atoms with van der Waals surface area (Å²) >= 11 is 0. The molecule has 118 valence electrons. The lowest BCUT2D eigenvalue weighted by Crippen LogP contribution is -2.28. The first-order valence-corrected chi connectivity index (χ1v) is 8.03. The molecular weight excluding hydrogens is 262 g/mol. The summed E-state index contributed by atoms with van der Waals surface area (Å²) in [5.74, 6) is 0. The van der Waals surface area contributed by atoms with Gasteiger partial charge < -0.3 is 14.8 Å². The fourth-order valence-electron chi connectivity index (χ4n) is 2.71. The van der Waals surface area contributed by atoms with Crippen molar-refractivity contribution in [1.29, 1.82) is 0 Å². The van der Waals surface area contributed by atoms with Gasteiger partial charge in [0.15, 0.2) is 0 Å². The van der Waals surface area contributed by atoms with Crippen LogP contribution in [0.2, 0.25) is 0 Å². The Morgan fingerprint density at radius 1 is 1.29 bits per heavy atom. The predicted octanol–water partition coefficient (Wildman–Crippen LogP) is 3.96. The Kier molecular flexibility index (Phi) is 5.80. The highest BCUT2D eigenvalue weighted by Gasteiger charge is 2.21. The van der Waals surface area contributed by atoms with Gasteiger partial charge in [-0.2, -0.15) is 0 Å². The van der Waals surface area contributed by atoms with E-state index in [1.165, 1.54) is 16.7 Å². The normalized spacial score (nSPS) is 16.0. The molecule has 1 atom stereocenters. The van der Waals surface area contributed by atoms with Crippen molar-refractivity contribution in [3.05, 3.63) is 34.9 Å². The van der Waals surface area contributed by atoms with E-state index in [9.17, 15) is 0 Å². The van der Waals surface area contributed by atoms with Crippen LogP contribution < -0.4 is 5.32 Å². The van der Waals surface area contributed by atoms with E-state index < -0.39 is 0 Å². The lowest BCUT2D eigenvalue weighted by Gasteiger charge is -2.27. The average molecular weight is 291 g/mol. The van der Waals surface area contributed by atoms with E-state index in [-0.39, 0.29) is 5.60 Å². The lowest BCUT2D eigenvalue weighted by atomic mass is 9.93. The Morgan fingerprint density at radius 2 is 2.05 bits per heavy atom. The second kappa shape index (κ2) is 7.39. The zero-order valence-corrected chi connectivity index (χ0v) is 13.9. The summed E-state index contributed by atoms with van der Waals surface area (Å²) in [6.07, 6.45) is 3.27. The summed E-state index contributed by atoms with van der Waals surface area (Å²) in [6.45, 7) is 9.08. The van der Waals surface area contributed by atoms with Crippen LogP contribution in [0.25, 0.3) is 0 Å². The quantitative estimate of drug-likeness (QED) is 0.786. The molecule has 3 heteroatoms. The first-order chi connectivity index (χ1) is 10.1. The van der Waals surface area contributed by atoms with Gasteiger partial charge in [-0.15, -0.1) is 0 Å². The number of benzene rings is 1. The van der Waals surface area contributed by atoms with Crippen molar-refractivity contribution in [3.8, 4) is 0 Å². The number of ether oxygens (including phenoxy) is 2. The van der Waals surface area contributed by atoms with Gasteiger partial charge in [-0.1, -0.05) is 25.1 Å². The molecule has 0 fully saturated rings. The molecular formula is C18H29NO2. The van der Waals surface area contributed by atoms with Crippen LogP contribution in [0.1, 0.15) is 62.8 Å². The van der Waals surface area contributed by atoms with Crippen molar-refractivity contribution in [1.82, 2.24) is 5.32 Å². The van der Waals surface area contributed by atoms with Gasteiger partial charge in [0, 0.05) is 13.2 Å². The molecule has 1 unspecified atom stereocenters. The van der Waals surface area contributed by atoms with E-state index >= 15 is 0 Å². The molecule has 0 aromatic heterocycles. The minimum Gasteiger partial charge on any atom is -0.379 e. The van der Waals surface area contributed by atoms with Gasteiger partial charge in [0.05, 0.1) is 18.8 Å². The van der Waals surface area contributed by atoms with Crippen LogP contribution in [0, 0.1) is 0 Å². The topological polar surface area (TPSA) is 30.5 Å². The average Bonchev–Trinajstić information content (AvgIpc) is 2.94. The molecule has 1 heterocycles. The van der Waals surface area contributed by atoms with Crippen LogP contribution in [0.4, 0.5) is 0 Å². The molecule has 2 rings (SSSR count). The number of hydrogen-bond donors (Lipinski definition) is 1. The Morgan fingerprint density at radius 3 is 2.76 bits per heavy atom. The van der Waals surface area contributed by atoms with Gasteiger partial charge in [0.1, 0.15) is 0 Å². The molecule has 1 N–H and O–H groups in total. The molecule has 0 saturated carbocycles.